The first-order valence-electron chi connectivity index (χ1n) is 4.68. The fourth-order valence-electron chi connectivity index (χ4n) is 1.63. The highest BCUT2D eigenvalue weighted by molar-refractivity contribution is 5.77. The molecule has 1 atom stereocenters. The molecule has 0 aromatic rings. The number of methoxy groups -OCH3 is 1. The molecule has 1 aliphatic heterocycles. The highest BCUT2D eigenvalue weighted by Gasteiger charge is 2.24. The number of likely N-dealkylation sites (tertiary alicyclic amines) is 1. The second-order valence-electron chi connectivity index (χ2n) is 3.56. The SMILES string of the molecule is COC(=O)NC1CCN(CC(C)=O)C1. The van der Waals surface area contributed by atoms with E-state index in [1.807, 2.05) is 4.90 Å². The zero-order valence-corrected chi connectivity index (χ0v) is 8.58. The Morgan fingerprint density at radius 1 is 1.57 bits per heavy atom. The summed E-state index contributed by atoms with van der Waals surface area (Å²) in [5, 5.41) is 2.72. The third-order valence-electron chi connectivity index (χ3n) is 2.23. The number of carbonyl (C=O) groups is 2. The number of alkyl carbamates (subject to hydrolysis) is 1. The molecule has 1 aliphatic rings. The lowest BCUT2D eigenvalue weighted by Crippen LogP contribution is -2.37. The van der Waals surface area contributed by atoms with E-state index < -0.39 is 6.09 Å². The lowest BCUT2D eigenvalue weighted by Gasteiger charge is -2.14. The number of rotatable bonds is 3. The quantitative estimate of drug-likeness (QED) is 0.697. The number of carbonyl (C=O) groups excluding carboxylic acids is 2. The lowest BCUT2D eigenvalue weighted by molar-refractivity contribution is -0.117. The molecule has 0 aliphatic carbocycles. The van der Waals surface area contributed by atoms with E-state index in [0.717, 1.165) is 19.5 Å². The van der Waals surface area contributed by atoms with Crippen molar-refractivity contribution in [3.63, 3.8) is 0 Å². The number of nitrogens with zero attached hydrogens (tertiary/aromatic N) is 1. The van der Waals surface area contributed by atoms with E-state index in [2.05, 4.69) is 10.1 Å². The van der Waals surface area contributed by atoms with Crippen molar-refractivity contribution in [2.24, 2.45) is 0 Å². The molecule has 1 saturated heterocycles. The molecular formula is C9H16N2O3. The second-order valence-corrected chi connectivity index (χ2v) is 3.56. The van der Waals surface area contributed by atoms with Crippen LogP contribution in [-0.4, -0.2) is 49.6 Å². The maximum Gasteiger partial charge on any atom is 0.407 e. The molecule has 5 nitrogen and oxygen atoms in total. The van der Waals surface area contributed by atoms with Crippen molar-refractivity contribution in [3.05, 3.63) is 0 Å². The van der Waals surface area contributed by atoms with E-state index in [0.29, 0.717) is 6.54 Å². The Hall–Kier alpha value is -1.10. The minimum Gasteiger partial charge on any atom is -0.453 e. The van der Waals surface area contributed by atoms with Crippen molar-refractivity contribution in [2.45, 2.75) is 19.4 Å². The molecule has 0 bridgehead atoms. The van der Waals surface area contributed by atoms with Gasteiger partial charge >= 0.3 is 6.09 Å². The summed E-state index contributed by atoms with van der Waals surface area (Å²) in [7, 11) is 1.34. The van der Waals surface area contributed by atoms with Crippen LogP contribution in [0.4, 0.5) is 4.79 Å². The topological polar surface area (TPSA) is 58.6 Å². The van der Waals surface area contributed by atoms with Gasteiger partial charge in [-0.25, -0.2) is 4.79 Å². The summed E-state index contributed by atoms with van der Waals surface area (Å²) in [6.45, 7) is 3.63. The maximum atomic E-state index is 10.9. The van der Waals surface area contributed by atoms with Gasteiger partial charge in [0.2, 0.25) is 0 Å². The normalized spacial score (nSPS) is 22.0. The van der Waals surface area contributed by atoms with Crippen molar-refractivity contribution in [1.29, 1.82) is 0 Å². The number of amides is 1. The van der Waals surface area contributed by atoms with E-state index in [-0.39, 0.29) is 11.8 Å². The van der Waals surface area contributed by atoms with Crippen LogP contribution in [-0.2, 0) is 9.53 Å². The molecule has 0 spiro atoms. The molecule has 14 heavy (non-hydrogen) atoms. The molecule has 1 heterocycles. The molecule has 5 heteroatoms. The summed E-state index contributed by atoms with van der Waals surface area (Å²) in [4.78, 5) is 23.7. The van der Waals surface area contributed by atoms with Crippen LogP contribution >= 0.6 is 0 Å². The van der Waals surface area contributed by atoms with Crippen LogP contribution in [0.2, 0.25) is 0 Å². The Labute approximate surface area is 83.4 Å². The number of Topliss-reactive ketones (excluding diaryl/α,β-unsaturated/α-hetero) is 1. The Balaban J connectivity index is 2.27. The number of ketones is 1. The van der Waals surface area contributed by atoms with E-state index in [1.165, 1.54) is 7.11 Å². The number of hydrogen-bond donors (Lipinski definition) is 1. The van der Waals surface area contributed by atoms with Gasteiger partial charge in [0.15, 0.2) is 0 Å². The molecule has 80 valence electrons. The van der Waals surface area contributed by atoms with Gasteiger partial charge in [-0.2, -0.15) is 0 Å². The summed E-state index contributed by atoms with van der Waals surface area (Å²) >= 11 is 0. The van der Waals surface area contributed by atoms with Crippen molar-refractivity contribution in [3.8, 4) is 0 Å². The van der Waals surface area contributed by atoms with Crippen molar-refractivity contribution in [2.75, 3.05) is 26.7 Å². The minimum absolute atomic E-state index is 0.113. The molecule has 0 aromatic heterocycles. The first kappa shape index (κ1) is 11.0. The van der Waals surface area contributed by atoms with Gasteiger partial charge in [-0.3, -0.25) is 9.69 Å². The second kappa shape index (κ2) is 4.95. The fourth-order valence-corrected chi connectivity index (χ4v) is 1.63. The minimum atomic E-state index is -0.403. The van der Waals surface area contributed by atoms with Crippen LogP contribution in [0.25, 0.3) is 0 Å². The highest BCUT2D eigenvalue weighted by Crippen LogP contribution is 2.08. The number of ether oxygens (including phenoxy) is 1. The van der Waals surface area contributed by atoms with Gasteiger partial charge in [0.05, 0.1) is 13.7 Å². The first-order chi connectivity index (χ1) is 6.61. The summed E-state index contributed by atoms with van der Waals surface area (Å²) < 4.78 is 4.49. The van der Waals surface area contributed by atoms with Crippen molar-refractivity contribution < 1.29 is 14.3 Å². The molecule has 1 unspecified atom stereocenters. The molecule has 1 rings (SSSR count). The predicted molar refractivity (Wildman–Crippen MR) is 51.1 cm³/mol. The average Bonchev–Trinajstić information content (AvgIpc) is 2.51. The lowest BCUT2D eigenvalue weighted by atomic mass is 10.3. The standard InChI is InChI=1S/C9H16N2O3/c1-7(12)5-11-4-3-8(6-11)10-9(13)14-2/h8H,3-6H2,1-2H3,(H,10,13). The molecule has 1 amide bonds. The Bertz CT molecular complexity index is 230. The summed E-state index contributed by atoms with van der Waals surface area (Å²) in [6, 6.07) is 0.113. The summed E-state index contributed by atoms with van der Waals surface area (Å²) in [5.74, 6) is 0.156. The van der Waals surface area contributed by atoms with Crippen molar-refractivity contribution in [1.82, 2.24) is 10.2 Å². The van der Waals surface area contributed by atoms with Gasteiger partial charge in [-0.1, -0.05) is 0 Å². The largest absolute Gasteiger partial charge is 0.453 e. The van der Waals surface area contributed by atoms with Gasteiger partial charge in [-0.15, -0.1) is 0 Å². The smallest absolute Gasteiger partial charge is 0.407 e. The first-order valence-corrected chi connectivity index (χ1v) is 4.68. The van der Waals surface area contributed by atoms with Crippen LogP contribution in [0, 0.1) is 0 Å². The monoisotopic (exact) mass is 200 g/mol. The fraction of sp³-hybridized carbons (Fsp3) is 0.778. The van der Waals surface area contributed by atoms with E-state index >= 15 is 0 Å². The van der Waals surface area contributed by atoms with E-state index in [1.54, 1.807) is 6.92 Å². The van der Waals surface area contributed by atoms with Gasteiger partial charge in [-0.05, 0) is 13.3 Å². The Kier molecular flexibility index (Phi) is 3.88. The van der Waals surface area contributed by atoms with Crippen LogP contribution in [0.5, 0.6) is 0 Å². The van der Waals surface area contributed by atoms with Gasteiger partial charge in [0.25, 0.3) is 0 Å². The zero-order chi connectivity index (χ0) is 10.6. The third-order valence-corrected chi connectivity index (χ3v) is 2.23. The number of nitrogens with one attached hydrogen (secondary N) is 1. The van der Waals surface area contributed by atoms with Gasteiger partial charge in [0.1, 0.15) is 5.78 Å². The molecule has 0 aromatic carbocycles. The van der Waals surface area contributed by atoms with Crippen LogP contribution in [0.15, 0.2) is 0 Å². The van der Waals surface area contributed by atoms with Crippen molar-refractivity contribution >= 4 is 11.9 Å². The number of hydrogen-bond acceptors (Lipinski definition) is 4. The molecular weight excluding hydrogens is 184 g/mol. The van der Waals surface area contributed by atoms with Crippen LogP contribution < -0.4 is 5.32 Å². The molecule has 0 saturated carbocycles. The van der Waals surface area contributed by atoms with E-state index in [4.69, 9.17) is 0 Å². The molecule has 1 N–H and O–H groups in total. The summed E-state index contributed by atoms with van der Waals surface area (Å²) in [5.41, 5.74) is 0. The van der Waals surface area contributed by atoms with Gasteiger partial charge in [0, 0.05) is 19.1 Å². The van der Waals surface area contributed by atoms with Crippen LogP contribution in [0.3, 0.4) is 0 Å². The highest BCUT2D eigenvalue weighted by atomic mass is 16.5. The predicted octanol–water partition coefficient (Wildman–Crippen LogP) is 0.00570. The Morgan fingerprint density at radius 2 is 2.29 bits per heavy atom. The van der Waals surface area contributed by atoms with Gasteiger partial charge < -0.3 is 10.1 Å². The average molecular weight is 200 g/mol. The van der Waals surface area contributed by atoms with Crippen LogP contribution in [0.1, 0.15) is 13.3 Å². The van der Waals surface area contributed by atoms with E-state index in [9.17, 15) is 9.59 Å². The Morgan fingerprint density at radius 3 is 2.86 bits per heavy atom. The molecule has 1 fully saturated rings. The summed E-state index contributed by atoms with van der Waals surface area (Å²) in [6.07, 6.45) is 0.474. The zero-order valence-electron chi connectivity index (χ0n) is 8.58. The maximum absolute atomic E-state index is 10.9. The molecule has 0 radical (unpaired) electrons. The third kappa shape index (κ3) is 3.33.